The number of hydrogen-bond acceptors (Lipinski definition) is 4. The van der Waals surface area contributed by atoms with E-state index in [0.29, 0.717) is 6.54 Å². The molecule has 1 fully saturated rings. The largest absolute Gasteiger partial charge is 0.361 e. The summed E-state index contributed by atoms with van der Waals surface area (Å²) in [4.78, 5) is 17.0. The van der Waals surface area contributed by atoms with Crippen molar-refractivity contribution in [2.45, 2.75) is 45.8 Å². The minimum atomic E-state index is -0.0318. The average Bonchev–Trinajstić information content (AvgIpc) is 3.16. The van der Waals surface area contributed by atoms with E-state index in [2.05, 4.69) is 22.2 Å². The fourth-order valence-corrected chi connectivity index (χ4v) is 3.41. The van der Waals surface area contributed by atoms with Gasteiger partial charge >= 0.3 is 0 Å². The molecule has 1 atom stereocenters. The molecule has 0 saturated carbocycles. The van der Waals surface area contributed by atoms with Crippen LogP contribution < -0.4 is 0 Å². The van der Waals surface area contributed by atoms with Gasteiger partial charge in [-0.1, -0.05) is 35.5 Å². The molecule has 0 radical (unpaired) electrons. The Morgan fingerprint density at radius 1 is 1.33 bits per heavy atom. The molecule has 2 aromatic rings. The van der Waals surface area contributed by atoms with Gasteiger partial charge in [-0.3, -0.25) is 9.69 Å². The van der Waals surface area contributed by atoms with Crippen LogP contribution in [0.5, 0.6) is 0 Å². The molecule has 1 aliphatic rings. The number of benzene rings is 1. The number of carbonyl (C=O) groups excluding carboxylic acids is 1. The molecule has 2 heterocycles. The maximum absolute atomic E-state index is 12.9. The number of rotatable bonds is 5. The lowest BCUT2D eigenvalue weighted by atomic mass is 10.1. The van der Waals surface area contributed by atoms with Gasteiger partial charge in [-0.25, -0.2) is 0 Å². The highest BCUT2D eigenvalue weighted by Crippen LogP contribution is 2.23. The van der Waals surface area contributed by atoms with Gasteiger partial charge < -0.3 is 9.42 Å². The summed E-state index contributed by atoms with van der Waals surface area (Å²) < 4.78 is 5.20. The summed E-state index contributed by atoms with van der Waals surface area (Å²) in [6, 6.07) is 10.3. The number of aromatic nitrogens is 1. The average molecular weight is 327 g/mol. The lowest BCUT2D eigenvalue weighted by Gasteiger charge is -2.28. The number of nitrogens with zero attached hydrogens (tertiary/aromatic N) is 3. The summed E-state index contributed by atoms with van der Waals surface area (Å²) in [6.07, 6.45) is 2.00. The molecular weight excluding hydrogens is 302 g/mol. The zero-order valence-corrected chi connectivity index (χ0v) is 14.7. The number of amides is 1. The Balaban J connectivity index is 1.66. The predicted molar refractivity (Wildman–Crippen MR) is 92.3 cm³/mol. The smallest absolute Gasteiger partial charge is 0.239 e. The van der Waals surface area contributed by atoms with E-state index in [9.17, 15) is 4.79 Å². The second-order valence-corrected chi connectivity index (χ2v) is 6.61. The molecule has 1 aliphatic heterocycles. The van der Waals surface area contributed by atoms with Crippen LogP contribution in [0.2, 0.25) is 0 Å². The van der Waals surface area contributed by atoms with Gasteiger partial charge in [0.2, 0.25) is 5.91 Å². The van der Waals surface area contributed by atoms with Crippen LogP contribution in [-0.4, -0.2) is 40.5 Å². The third-order valence-corrected chi connectivity index (χ3v) is 4.83. The summed E-state index contributed by atoms with van der Waals surface area (Å²) in [5, 5.41) is 3.97. The van der Waals surface area contributed by atoms with E-state index in [1.807, 2.05) is 39.1 Å². The number of likely N-dealkylation sites (tertiary alicyclic amines) is 1. The van der Waals surface area contributed by atoms with Crippen molar-refractivity contribution in [1.29, 1.82) is 0 Å². The van der Waals surface area contributed by atoms with Gasteiger partial charge in [-0.2, -0.15) is 0 Å². The van der Waals surface area contributed by atoms with E-state index in [1.54, 1.807) is 4.90 Å². The molecule has 1 unspecified atom stereocenters. The van der Waals surface area contributed by atoms with Gasteiger partial charge in [0.25, 0.3) is 0 Å². The molecule has 5 nitrogen and oxygen atoms in total. The quantitative estimate of drug-likeness (QED) is 0.847. The maximum atomic E-state index is 12.9. The highest BCUT2D eigenvalue weighted by molar-refractivity contribution is 5.82. The summed E-state index contributed by atoms with van der Waals surface area (Å²) in [7, 11) is 1.87. The second kappa shape index (κ2) is 7.18. The highest BCUT2D eigenvalue weighted by atomic mass is 16.5. The SMILES string of the molecule is Cc1noc(C)c1CN(C)C(=O)C1CCCN1Cc1ccccc1. The first-order chi connectivity index (χ1) is 11.6. The Morgan fingerprint density at radius 2 is 2.08 bits per heavy atom. The molecule has 1 aromatic heterocycles. The van der Waals surface area contributed by atoms with E-state index in [0.717, 1.165) is 42.9 Å². The molecule has 24 heavy (non-hydrogen) atoms. The summed E-state index contributed by atoms with van der Waals surface area (Å²) in [5.41, 5.74) is 3.13. The van der Waals surface area contributed by atoms with Crippen molar-refractivity contribution in [3.05, 3.63) is 52.9 Å². The fourth-order valence-electron chi connectivity index (χ4n) is 3.41. The number of carbonyl (C=O) groups is 1. The van der Waals surface area contributed by atoms with Crippen LogP contribution >= 0.6 is 0 Å². The van der Waals surface area contributed by atoms with E-state index >= 15 is 0 Å². The Morgan fingerprint density at radius 3 is 2.75 bits per heavy atom. The highest BCUT2D eigenvalue weighted by Gasteiger charge is 2.32. The zero-order chi connectivity index (χ0) is 17.1. The second-order valence-electron chi connectivity index (χ2n) is 6.61. The van der Waals surface area contributed by atoms with Crippen molar-refractivity contribution in [2.75, 3.05) is 13.6 Å². The van der Waals surface area contributed by atoms with Crippen LogP contribution in [0.3, 0.4) is 0 Å². The third kappa shape index (κ3) is 3.51. The summed E-state index contributed by atoms with van der Waals surface area (Å²) in [5.74, 6) is 0.975. The molecule has 0 bridgehead atoms. The normalized spacial score (nSPS) is 18.0. The summed E-state index contributed by atoms with van der Waals surface area (Å²) >= 11 is 0. The van der Waals surface area contributed by atoms with Crippen LogP contribution in [0.1, 0.15) is 35.4 Å². The Hall–Kier alpha value is -2.14. The Bertz CT molecular complexity index is 676. The van der Waals surface area contributed by atoms with Crippen molar-refractivity contribution >= 4 is 5.91 Å². The van der Waals surface area contributed by atoms with Crippen molar-refractivity contribution in [1.82, 2.24) is 15.0 Å². The molecule has 1 amide bonds. The minimum Gasteiger partial charge on any atom is -0.361 e. The van der Waals surface area contributed by atoms with Gasteiger partial charge in [-0.15, -0.1) is 0 Å². The van der Waals surface area contributed by atoms with Crippen LogP contribution in [0.15, 0.2) is 34.9 Å². The molecule has 0 N–H and O–H groups in total. The summed E-state index contributed by atoms with van der Waals surface area (Å²) in [6.45, 7) is 6.17. The van der Waals surface area contributed by atoms with E-state index in [1.165, 1.54) is 5.56 Å². The van der Waals surface area contributed by atoms with Crippen molar-refractivity contribution in [3.8, 4) is 0 Å². The molecular formula is C19H25N3O2. The molecule has 128 valence electrons. The van der Waals surface area contributed by atoms with E-state index in [4.69, 9.17) is 4.52 Å². The minimum absolute atomic E-state index is 0.0318. The molecule has 1 aromatic carbocycles. The van der Waals surface area contributed by atoms with E-state index < -0.39 is 0 Å². The van der Waals surface area contributed by atoms with Gasteiger partial charge in [0, 0.05) is 19.2 Å². The lowest BCUT2D eigenvalue weighted by molar-refractivity contribution is -0.135. The van der Waals surface area contributed by atoms with Gasteiger partial charge in [-0.05, 0) is 38.8 Å². The van der Waals surface area contributed by atoms with Crippen molar-refractivity contribution in [2.24, 2.45) is 0 Å². The van der Waals surface area contributed by atoms with Crippen LogP contribution in [0.4, 0.5) is 0 Å². The third-order valence-electron chi connectivity index (χ3n) is 4.83. The first-order valence-electron chi connectivity index (χ1n) is 8.51. The van der Waals surface area contributed by atoms with Crippen LogP contribution in [0, 0.1) is 13.8 Å². The lowest BCUT2D eigenvalue weighted by Crippen LogP contribution is -2.43. The molecule has 3 rings (SSSR count). The van der Waals surface area contributed by atoms with Gasteiger partial charge in [0.15, 0.2) is 0 Å². The van der Waals surface area contributed by atoms with Crippen LogP contribution in [0.25, 0.3) is 0 Å². The van der Waals surface area contributed by atoms with E-state index in [-0.39, 0.29) is 11.9 Å². The standard InChI is InChI=1S/C19H25N3O2/c1-14-17(15(2)24-20-14)13-21(3)19(23)18-10-7-11-22(18)12-16-8-5-4-6-9-16/h4-6,8-9,18H,7,10-13H2,1-3H3. The Labute approximate surface area is 143 Å². The molecule has 0 aliphatic carbocycles. The first kappa shape index (κ1) is 16.7. The number of aryl methyl sites for hydroxylation is 2. The predicted octanol–water partition coefficient (Wildman–Crippen LogP) is 2.91. The number of likely N-dealkylation sites (N-methyl/N-ethyl adjacent to an activating group) is 1. The molecule has 5 heteroatoms. The topological polar surface area (TPSA) is 49.6 Å². The van der Waals surface area contributed by atoms with Crippen molar-refractivity contribution < 1.29 is 9.32 Å². The van der Waals surface area contributed by atoms with Crippen molar-refractivity contribution in [3.63, 3.8) is 0 Å². The Kier molecular flexibility index (Phi) is 5.00. The van der Waals surface area contributed by atoms with Gasteiger partial charge in [0.1, 0.15) is 5.76 Å². The number of hydrogen-bond donors (Lipinski definition) is 0. The zero-order valence-electron chi connectivity index (χ0n) is 14.7. The fraction of sp³-hybridized carbons (Fsp3) is 0.474. The monoisotopic (exact) mass is 327 g/mol. The maximum Gasteiger partial charge on any atom is 0.239 e. The van der Waals surface area contributed by atoms with Crippen LogP contribution in [-0.2, 0) is 17.9 Å². The molecule has 0 spiro atoms. The molecule has 1 saturated heterocycles. The van der Waals surface area contributed by atoms with Gasteiger partial charge in [0.05, 0.1) is 18.3 Å². The first-order valence-corrected chi connectivity index (χ1v) is 8.51.